The first-order chi connectivity index (χ1) is 8.27. The van der Waals surface area contributed by atoms with Crippen LogP contribution in [0.1, 0.15) is 12.5 Å². The van der Waals surface area contributed by atoms with Gasteiger partial charge in [0.15, 0.2) is 9.84 Å². The van der Waals surface area contributed by atoms with Gasteiger partial charge in [0.1, 0.15) is 11.0 Å². The number of nitro groups is 1. The zero-order valence-electron chi connectivity index (χ0n) is 9.77. The molecule has 0 aliphatic rings. The molecule has 0 saturated heterocycles. The van der Waals surface area contributed by atoms with Gasteiger partial charge in [-0.05, 0) is 6.92 Å². The van der Waals surface area contributed by atoms with Gasteiger partial charge in [0.05, 0.1) is 4.92 Å². The molecule has 1 N–H and O–H groups in total. The van der Waals surface area contributed by atoms with Gasteiger partial charge in [0.2, 0.25) is 0 Å². The monoisotopic (exact) mass is 272 g/mol. The van der Waals surface area contributed by atoms with Crippen molar-refractivity contribution >= 4 is 21.2 Å². The molecule has 0 fully saturated rings. The molecule has 0 spiro atoms. The number of non-ortho nitro benzene ring substituents is 1. The van der Waals surface area contributed by atoms with Crippen molar-refractivity contribution in [2.24, 2.45) is 5.16 Å². The fourth-order valence-corrected chi connectivity index (χ4v) is 1.94. The van der Waals surface area contributed by atoms with Crippen molar-refractivity contribution in [3.63, 3.8) is 0 Å². The van der Waals surface area contributed by atoms with Crippen LogP contribution in [0, 0.1) is 10.1 Å². The van der Waals surface area contributed by atoms with Gasteiger partial charge in [-0.3, -0.25) is 10.1 Å². The number of sulfone groups is 1. The van der Waals surface area contributed by atoms with Gasteiger partial charge < -0.3 is 5.21 Å². The molecule has 1 aromatic carbocycles. The lowest BCUT2D eigenvalue weighted by molar-refractivity contribution is -0.384. The van der Waals surface area contributed by atoms with E-state index < -0.39 is 20.0 Å². The minimum atomic E-state index is -3.46. The topological polar surface area (TPSA) is 110 Å². The van der Waals surface area contributed by atoms with E-state index in [2.05, 4.69) is 5.16 Å². The highest BCUT2D eigenvalue weighted by Gasteiger charge is 2.24. The maximum absolute atomic E-state index is 11.4. The number of nitro benzene ring substituents is 1. The zero-order valence-corrected chi connectivity index (χ0v) is 10.6. The first-order valence-electron chi connectivity index (χ1n) is 4.93. The average Bonchev–Trinajstić information content (AvgIpc) is 2.29. The summed E-state index contributed by atoms with van der Waals surface area (Å²) in [5.41, 5.74) is -0.125. The van der Waals surface area contributed by atoms with Gasteiger partial charge in [-0.15, -0.1) is 0 Å². The van der Waals surface area contributed by atoms with E-state index in [1.807, 2.05) is 0 Å². The summed E-state index contributed by atoms with van der Waals surface area (Å²) in [4.78, 5) is 10.0. The van der Waals surface area contributed by atoms with Crippen LogP contribution in [-0.2, 0) is 9.84 Å². The highest BCUT2D eigenvalue weighted by atomic mass is 32.2. The molecule has 18 heavy (non-hydrogen) atoms. The molecule has 0 amide bonds. The molecule has 0 aliphatic heterocycles. The number of oxime groups is 1. The molecule has 0 bridgehead atoms. The molecular weight excluding hydrogens is 260 g/mol. The largest absolute Gasteiger partial charge is 0.411 e. The van der Waals surface area contributed by atoms with Crippen LogP contribution >= 0.6 is 0 Å². The van der Waals surface area contributed by atoms with Crippen molar-refractivity contribution in [1.29, 1.82) is 0 Å². The molecule has 7 nitrogen and oxygen atoms in total. The Balaban J connectivity index is 3.27. The number of hydrogen-bond donors (Lipinski definition) is 1. The molecule has 1 aromatic rings. The second-order valence-electron chi connectivity index (χ2n) is 3.76. The van der Waals surface area contributed by atoms with E-state index in [0.717, 1.165) is 12.3 Å². The summed E-state index contributed by atoms with van der Waals surface area (Å²) in [6.07, 6.45) is 1.00. The maximum atomic E-state index is 11.4. The van der Waals surface area contributed by atoms with E-state index in [9.17, 15) is 18.5 Å². The van der Waals surface area contributed by atoms with Crippen molar-refractivity contribution in [3.8, 4) is 0 Å². The summed E-state index contributed by atoms with van der Waals surface area (Å²) in [5.74, 6) is 0. The fourth-order valence-electron chi connectivity index (χ4n) is 1.36. The van der Waals surface area contributed by atoms with Crippen LogP contribution in [-0.4, -0.2) is 35.8 Å². The predicted octanol–water partition coefficient (Wildman–Crippen LogP) is 1.21. The molecule has 0 aliphatic carbocycles. The summed E-state index contributed by atoms with van der Waals surface area (Å²) in [5, 5.41) is 21.4. The fraction of sp³-hybridized carbons (Fsp3) is 0.300. The Morgan fingerprint density at radius 2 is 2.11 bits per heavy atom. The summed E-state index contributed by atoms with van der Waals surface area (Å²) in [7, 11) is -3.46. The van der Waals surface area contributed by atoms with Crippen molar-refractivity contribution in [2.75, 3.05) is 6.26 Å². The van der Waals surface area contributed by atoms with Gasteiger partial charge >= 0.3 is 0 Å². The number of hydrogen-bond acceptors (Lipinski definition) is 6. The number of rotatable bonds is 4. The van der Waals surface area contributed by atoms with Crippen LogP contribution in [0.2, 0.25) is 0 Å². The summed E-state index contributed by atoms with van der Waals surface area (Å²) < 4.78 is 22.8. The van der Waals surface area contributed by atoms with Crippen LogP contribution in [0.5, 0.6) is 0 Å². The summed E-state index contributed by atoms with van der Waals surface area (Å²) >= 11 is 0. The molecule has 0 saturated carbocycles. The predicted molar refractivity (Wildman–Crippen MR) is 65.7 cm³/mol. The number of nitrogens with zero attached hydrogens (tertiary/aromatic N) is 2. The quantitative estimate of drug-likeness (QED) is 0.383. The SMILES string of the molecule is C[C@@H](/C(=N\O)c1cccc([N+](=O)[O-])c1)S(C)(=O)=O. The van der Waals surface area contributed by atoms with Crippen LogP contribution in [0.25, 0.3) is 0 Å². The molecule has 98 valence electrons. The molecule has 0 radical (unpaired) electrons. The lowest BCUT2D eigenvalue weighted by atomic mass is 10.1. The third kappa shape index (κ3) is 3.04. The van der Waals surface area contributed by atoms with Crippen LogP contribution in [0.4, 0.5) is 5.69 Å². The van der Waals surface area contributed by atoms with Gasteiger partial charge in [-0.1, -0.05) is 17.3 Å². The lowest BCUT2D eigenvalue weighted by Crippen LogP contribution is -2.27. The second-order valence-corrected chi connectivity index (χ2v) is 6.13. The molecule has 8 heteroatoms. The van der Waals surface area contributed by atoms with E-state index in [1.54, 1.807) is 0 Å². The van der Waals surface area contributed by atoms with Crippen molar-refractivity contribution in [3.05, 3.63) is 39.9 Å². The van der Waals surface area contributed by atoms with E-state index in [0.29, 0.717) is 0 Å². The molecule has 1 atom stereocenters. The Labute approximate surface area is 104 Å². The highest BCUT2D eigenvalue weighted by molar-refractivity contribution is 7.92. The minimum absolute atomic E-state index is 0.124. The second kappa shape index (κ2) is 5.13. The van der Waals surface area contributed by atoms with Crippen LogP contribution < -0.4 is 0 Å². The summed E-state index contributed by atoms with van der Waals surface area (Å²) in [6, 6.07) is 5.28. The standard InChI is InChI=1S/C10H12N2O5S/c1-7(18(2,16)17)10(11-13)8-4-3-5-9(6-8)12(14)15/h3-7,13H,1-2H3/b11-10+/t7-/m0/s1. The first-order valence-corrected chi connectivity index (χ1v) is 6.88. The van der Waals surface area contributed by atoms with E-state index in [-0.39, 0.29) is 17.0 Å². The lowest BCUT2D eigenvalue weighted by Gasteiger charge is -2.11. The average molecular weight is 272 g/mol. The van der Waals surface area contributed by atoms with E-state index >= 15 is 0 Å². The van der Waals surface area contributed by atoms with Crippen molar-refractivity contribution in [1.82, 2.24) is 0 Å². The van der Waals surface area contributed by atoms with Crippen molar-refractivity contribution < 1.29 is 18.5 Å². The Morgan fingerprint density at radius 1 is 1.50 bits per heavy atom. The van der Waals surface area contributed by atoms with Gasteiger partial charge in [0.25, 0.3) is 5.69 Å². The van der Waals surface area contributed by atoms with Crippen LogP contribution in [0.15, 0.2) is 29.4 Å². The first kappa shape index (κ1) is 14.1. The molecular formula is C10H12N2O5S. The van der Waals surface area contributed by atoms with Crippen LogP contribution in [0.3, 0.4) is 0 Å². The molecule has 0 heterocycles. The highest BCUT2D eigenvalue weighted by Crippen LogP contribution is 2.17. The smallest absolute Gasteiger partial charge is 0.270 e. The van der Waals surface area contributed by atoms with E-state index in [1.165, 1.54) is 25.1 Å². The number of benzene rings is 1. The van der Waals surface area contributed by atoms with Crippen molar-refractivity contribution in [2.45, 2.75) is 12.2 Å². The summed E-state index contributed by atoms with van der Waals surface area (Å²) in [6.45, 7) is 1.35. The molecule has 1 rings (SSSR count). The Morgan fingerprint density at radius 3 is 2.56 bits per heavy atom. The third-order valence-electron chi connectivity index (χ3n) is 2.49. The normalized spacial score (nSPS) is 14.2. The maximum Gasteiger partial charge on any atom is 0.270 e. The minimum Gasteiger partial charge on any atom is -0.411 e. The molecule has 0 unspecified atom stereocenters. The Bertz CT molecular complexity index is 594. The van der Waals surface area contributed by atoms with Gasteiger partial charge in [0, 0.05) is 24.0 Å². The zero-order chi connectivity index (χ0) is 13.9. The van der Waals surface area contributed by atoms with E-state index in [4.69, 9.17) is 5.21 Å². The van der Waals surface area contributed by atoms with Gasteiger partial charge in [-0.2, -0.15) is 0 Å². The third-order valence-corrected chi connectivity index (χ3v) is 4.00. The Kier molecular flexibility index (Phi) is 4.02. The Hall–Kier alpha value is -1.96. The van der Waals surface area contributed by atoms with Gasteiger partial charge in [-0.25, -0.2) is 8.42 Å². The molecule has 0 aromatic heterocycles.